The second-order valence-corrected chi connectivity index (χ2v) is 16.0. The van der Waals surface area contributed by atoms with Crippen molar-refractivity contribution >= 4 is 11.8 Å². The third-order valence-electron chi connectivity index (χ3n) is 11.6. The Bertz CT molecular complexity index is 1120. The van der Waals surface area contributed by atoms with Gasteiger partial charge in [-0.3, -0.25) is 9.59 Å². The Balaban J connectivity index is 2.13. The van der Waals surface area contributed by atoms with Gasteiger partial charge in [-0.2, -0.15) is 0 Å². The van der Waals surface area contributed by atoms with Crippen molar-refractivity contribution in [3.8, 4) is 0 Å². The van der Waals surface area contributed by atoms with Crippen molar-refractivity contribution in [2.24, 2.45) is 23.7 Å². The monoisotopic (exact) mass is 716 g/mol. The molecule has 0 aliphatic carbocycles. The highest BCUT2D eigenvalue weighted by Crippen LogP contribution is 2.40. The molecule has 3 aliphatic rings. The number of Topliss-reactive ketones (excluding diaryl/α,β-unsaturated/α-hetero) is 1. The standard InChI is InChI=1S/C37H66NO12/c1-14-26-37(10,44)32(41)21(5)28(39)18(2)15-19(3)30(50-35-29(40)25(38(11)12)16-20(4)46-35)22(6)31(23(7)34(43)48-26)49-27-17-36(9,45-13)33(42)24(8)47-27/h18,20-27,29-33,35,40-42,44H,14-17H2,1-13H3/t18-,20-,21+,22-,23-,24+,25+,26-,27-,29-,30+,31+,32-,33+,35+,36-,37+/m1/s1. The number of methoxy groups -OCH3 is 1. The van der Waals surface area contributed by atoms with E-state index in [1.54, 1.807) is 41.5 Å². The van der Waals surface area contributed by atoms with E-state index < -0.39 is 96.2 Å². The maximum Gasteiger partial charge on any atom is 0.311 e. The average Bonchev–Trinajstić information content (AvgIpc) is 3.05. The van der Waals surface area contributed by atoms with Crippen molar-refractivity contribution in [2.75, 3.05) is 21.2 Å². The van der Waals surface area contributed by atoms with Crippen LogP contribution in [0.2, 0.25) is 0 Å². The SMILES string of the molecule is CC[C@H]1OC(=O)[C@H](C)[C@@H](O[C@@H]2C[C@@](C)(OC)[C@@H](O)[C@H](C)O2)[C@H](C)[C@@H](O[C@@H]2O[C@H](C)C[C@H](N(C)C)[C@H]2O)[C](C)C[C@@H](C)C(=O)[C@H](C)[C@@H](O)[C@@]1(C)O. The van der Waals surface area contributed by atoms with Gasteiger partial charge in [0.1, 0.15) is 29.7 Å². The molecule has 13 heteroatoms. The first-order chi connectivity index (χ1) is 23.1. The summed E-state index contributed by atoms with van der Waals surface area (Å²) in [6, 6.07) is -0.240. The summed E-state index contributed by atoms with van der Waals surface area (Å²) in [4.78, 5) is 29.7. The normalized spacial score (nSPS) is 47.9. The molecule has 0 amide bonds. The lowest BCUT2D eigenvalue weighted by Crippen LogP contribution is -2.59. The summed E-state index contributed by atoms with van der Waals surface area (Å²) >= 11 is 0. The molecule has 50 heavy (non-hydrogen) atoms. The van der Waals surface area contributed by atoms with Crippen LogP contribution in [0.15, 0.2) is 0 Å². The van der Waals surface area contributed by atoms with Crippen molar-refractivity contribution in [1.29, 1.82) is 0 Å². The fraction of sp³-hybridized carbons (Fsp3) is 0.919. The summed E-state index contributed by atoms with van der Waals surface area (Å²) in [6.45, 7) is 17.3. The lowest BCUT2D eigenvalue weighted by atomic mass is 9.75. The zero-order chi connectivity index (χ0) is 38.0. The minimum atomic E-state index is -1.93. The molecular formula is C37H66NO12. The molecule has 4 N–H and O–H groups in total. The summed E-state index contributed by atoms with van der Waals surface area (Å²) in [7, 11) is 5.29. The molecule has 3 rings (SSSR count). The van der Waals surface area contributed by atoms with Gasteiger partial charge in [-0.25, -0.2) is 0 Å². The van der Waals surface area contributed by atoms with Crippen LogP contribution in [0.1, 0.15) is 94.9 Å². The number of cyclic esters (lactones) is 1. The zero-order valence-corrected chi connectivity index (χ0v) is 32.5. The molecule has 13 nitrogen and oxygen atoms in total. The number of aliphatic hydroxyl groups is 4. The predicted octanol–water partition coefficient (Wildman–Crippen LogP) is 2.63. The first-order valence-electron chi connectivity index (χ1n) is 18.3. The quantitative estimate of drug-likeness (QED) is 0.284. The highest BCUT2D eigenvalue weighted by Gasteiger charge is 2.51. The van der Waals surface area contributed by atoms with Crippen LogP contribution in [0, 0.1) is 29.6 Å². The third kappa shape index (κ3) is 9.26. The van der Waals surface area contributed by atoms with E-state index in [0.29, 0.717) is 6.42 Å². The summed E-state index contributed by atoms with van der Waals surface area (Å²) < 4.78 is 37.4. The van der Waals surface area contributed by atoms with Crippen LogP contribution in [0.25, 0.3) is 0 Å². The first kappa shape index (κ1) is 43.1. The highest BCUT2D eigenvalue weighted by molar-refractivity contribution is 5.83. The van der Waals surface area contributed by atoms with E-state index in [1.807, 2.05) is 39.8 Å². The molecule has 291 valence electrons. The first-order valence-corrected chi connectivity index (χ1v) is 18.3. The number of nitrogens with zero attached hydrogens (tertiary/aromatic N) is 1. The molecule has 17 atom stereocenters. The van der Waals surface area contributed by atoms with Gasteiger partial charge in [0.15, 0.2) is 12.6 Å². The zero-order valence-electron chi connectivity index (χ0n) is 32.5. The number of carbonyl (C=O) groups excluding carboxylic acids is 2. The van der Waals surface area contributed by atoms with E-state index in [0.717, 1.165) is 5.92 Å². The Morgan fingerprint density at radius 2 is 1.56 bits per heavy atom. The molecule has 0 saturated carbocycles. The van der Waals surface area contributed by atoms with Gasteiger partial charge in [0.25, 0.3) is 0 Å². The summed E-state index contributed by atoms with van der Waals surface area (Å²) in [5.41, 5.74) is -2.93. The minimum Gasteiger partial charge on any atom is -0.459 e. The topological polar surface area (TPSA) is 174 Å². The number of rotatable bonds is 7. The predicted molar refractivity (Wildman–Crippen MR) is 185 cm³/mol. The largest absolute Gasteiger partial charge is 0.459 e. The van der Waals surface area contributed by atoms with Crippen molar-refractivity contribution in [1.82, 2.24) is 4.90 Å². The van der Waals surface area contributed by atoms with Gasteiger partial charge < -0.3 is 53.7 Å². The van der Waals surface area contributed by atoms with Gasteiger partial charge >= 0.3 is 5.97 Å². The summed E-state index contributed by atoms with van der Waals surface area (Å²) in [6.07, 6.45) is -7.91. The number of hydrogen-bond acceptors (Lipinski definition) is 13. The average molecular weight is 717 g/mol. The smallest absolute Gasteiger partial charge is 0.311 e. The molecule has 0 aromatic rings. The van der Waals surface area contributed by atoms with Crippen LogP contribution in [0.3, 0.4) is 0 Å². The number of carbonyl (C=O) groups is 2. The Hall–Kier alpha value is -1.26. The lowest BCUT2D eigenvalue weighted by molar-refractivity contribution is -0.305. The highest BCUT2D eigenvalue weighted by atomic mass is 16.7. The molecule has 1 radical (unpaired) electrons. The van der Waals surface area contributed by atoms with Gasteiger partial charge in [0.05, 0.1) is 42.0 Å². The van der Waals surface area contributed by atoms with Crippen molar-refractivity contribution in [3.05, 3.63) is 5.92 Å². The molecule has 0 aromatic heterocycles. The van der Waals surface area contributed by atoms with E-state index in [-0.39, 0.29) is 37.2 Å². The fourth-order valence-electron chi connectivity index (χ4n) is 8.13. The van der Waals surface area contributed by atoms with Crippen LogP contribution in [-0.4, -0.2) is 137 Å². The molecule has 0 unspecified atom stereocenters. The second-order valence-electron chi connectivity index (χ2n) is 16.0. The summed E-state index contributed by atoms with van der Waals surface area (Å²) in [5.74, 6) is -3.29. The van der Waals surface area contributed by atoms with Crippen molar-refractivity contribution in [2.45, 2.75) is 174 Å². The van der Waals surface area contributed by atoms with Crippen LogP contribution in [0.4, 0.5) is 0 Å². The third-order valence-corrected chi connectivity index (χ3v) is 11.6. The maximum atomic E-state index is 14.0. The van der Waals surface area contributed by atoms with Gasteiger partial charge in [0.2, 0.25) is 0 Å². The Kier molecular flexibility index (Phi) is 14.9. The van der Waals surface area contributed by atoms with E-state index in [1.165, 1.54) is 14.0 Å². The fourth-order valence-corrected chi connectivity index (χ4v) is 8.13. The molecule has 0 spiro atoms. The van der Waals surface area contributed by atoms with Crippen LogP contribution < -0.4 is 0 Å². The van der Waals surface area contributed by atoms with Crippen LogP contribution in [-0.2, 0) is 38.0 Å². The van der Waals surface area contributed by atoms with E-state index in [4.69, 9.17) is 28.4 Å². The van der Waals surface area contributed by atoms with E-state index >= 15 is 0 Å². The molecule has 3 saturated heterocycles. The lowest BCUT2D eigenvalue weighted by Gasteiger charge is -2.47. The number of hydrogen-bond donors (Lipinski definition) is 4. The molecule has 3 heterocycles. The minimum absolute atomic E-state index is 0.155. The van der Waals surface area contributed by atoms with Gasteiger partial charge in [-0.15, -0.1) is 0 Å². The van der Waals surface area contributed by atoms with Crippen LogP contribution >= 0.6 is 0 Å². The van der Waals surface area contributed by atoms with Crippen molar-refractivity contribution < 1.29 is 58.4 Å². The number of aliphatic hydroxyl groups excluding tert-OH is 3. The van der Waals surface area contributed by atoms with Gasteiger partial charge in [-0.1, -0.05) is 34.6 Å². The van der Waals surface area contributed by atoms with Gasteiger partial charge in [-0.05, 0) is 68.0 Å². The van der Waals surface area contributed by atoms with Gasteiger partial charge in [0, 0.05) is 43.2 Å². The number of esters is 1. The molecule has 0 bridgehead atoms. The maximum absolute atomic E-state index is 14.0. The number of likely N-dealkylation sites (N-methyl/N-ethyl adjacent to an activating group) is 1. The molecule has 3 aliphatic heterocycles. The Morgan fingerprint density at radius 1 is 0.940 bits per heavy atom. The number of ether oxygens (including phenoxy) is 6. The number of ketones is 1. The van der Waals surface area contributed by atoms with E-state index in [2.05, 4.69) is 0 Å². The Labute approximate surface area is 299 Å². The molecular weight excluding hydrogens is 650 g/mol. The molecule has 0 aromatic carbocycles. The summed E-state index contributed by atoms with van der Waals surface area (Å²) in [5, 5.41) is 45.2. The molecule has 3 fully saturated rings. The Morgan fingerprint density at radius 3 is 2.12 bits per heavy atom. The van der Waals surface area contributed by atoms with Crippen molar-refractivity contribution in [3.63, 3.8) is 0 Å². The second kappa shape index (κ2) is 17.3. The van der Waals surface area contributed by atoms with Crippen LogP contribution in [0.5, 0.6) is 0 Å². The van der Waals surface area contributed by atoms with E-state index in [9.17, 15) is 30.0 Å².